The maximum Gasteiger partial charge on any atom is 0.305 e. The molecule has 0 aliphatic carbocycles. The second kappa shape index (κ2) is 5.21. The van der Waals surface area contributed by atoms with Crippen LogP contribution >= 0.6 is 11.3 Å². The topological polar surface area (TPSA) is 68.0 Å². The lowest BCUT2D eigenvalue weighted by atomic mass is 10.3. The molecule has 0 aliphatic heterocycles. The number of fused-ring (bicyclic) bond motifs is 1. The standard InChI is InChI=1S/C13H9F2N3O2S/c14-7-3-9-10(4-8(7)15)18(2-1-12(19)20)13(17-9)11-5-16-6-21-11/h3-6H,1-2H2,(H,19,20). The first-order valence-electron chi connectivity index (χ1n) is 6.02. The fraction of sp³-hybridized carbons (Fsp3) is 0.154. The van der Waals surface area contributed by atoms with Crippen LogP contribution in [0.5, 0.6) is 0 Å². The van der Waals surface area contributed by atoms with Crippen LogP contribution in [0, 0.1) is 11.6 Å². The van der Waals surface area contributed by atoms with Gasteiger partial charge in [-0.1, -0.05) is 0 Å². The Morgan fingerprint density at radius 1 is 1.33 bits per heavy atom. The Morgan fingerprint density at radius 3 is 2.76 bits per heavy atom. The zero-order valence-electron chi connectivity index (χ0n) is 10.6. The summed E-state index contributed by atoms with van der Waals surface area (Å²) in [5.74, 6) is -2.50. The summed E-state index contributed by atoms with van der Waals surface area (Å²) in [5.41, 5.74) is 2.25. The molecule has 2 heterocycles. The van der Waals surface area contributed by atoms with Crippen molar-refractivity contribution in [3.63, 3.8) is 0 Å². The number of imidazole rings is 1. The van der Waals surface area contributed by atoms with Crippen LogP contribution in [0.2, 0.25) is 0 Å². The molecular weight excluding hydrogens is 300 g/mol. The summed E-state index contributed by atoms with van der Waals surface area (Å²) in [6.07, 6.45) is 1.44. The number of nitrogens with zero attached hydrogens (tertiary/aromatic N) is 3. The summed E-state index contributed by atoms with van der Waals surface area (Å²) in [7, 11) is 0. The van der Waals surface area contributed by atoms with Crippen LogP contribution in [0.15, 0.2) is 23.8 Å². The van der Waals surface area contributed by atoms with Gasteiger partial charge in [0.2, 0.25) is 0 Å². The molecule has 0 bridgehead atoms. The molecule has 0 unspecified atom stereocenters. The van der Waals surface area contributed by atoms with Crippen molar-refractivity contribution in [2.45, 2.75) is 13.0 Å². The van der Waals surface area contributed by atoms with Crippen molar-refractivity contribution >= 4 is 28.3 Å². The second-order valence-corrected chi connectivity index (χ2v) is 5.24. The number of aromatic nitrogens is 3. The Bertz CT molecular complexity index is 815. The van der Waals surface area contributed by atoms with E-state index in [9.17, 15) is 13.6 Å². The molecule has 0 aliphatic rings. The highest BCUT2D eigenvalue weighted by Gasteiger charge is 2.17. The van der Waals surface area contributed by atoms with E-state index < -0.39 is 17.6 Å². The summed E-state index contributed by atoms with van der Waals surface area (Å²) in [6.45, 7) is 0.115. The van der Waals surface area contributed by atoms with E-state index >= 15 is 0 Å². The summed E-state index contributed by atoms with van der Waals surface area (Å²) in [5, 5.41) is 8.83. The lowest BCUT2D eigenvalue weighted by molar-refractivity contribution is -0.137. The summed E-state index contributed by atoms with van der Waals surface area (Å²) in [4.78, 5) is 19.7. The Labute approximate surface area is 121 Å². The lowest BCUT2D eigenvalue weighted by Gasteiger charge is -2.06. The van der Waals surface area contributed by atoms with Crippen LogP contribution in [0.4, 0.5) is 8.78 Å². The molecule has 0 spiro atoms. The molecule has 0 saturated carbocycles. The zero-order valence-corrected chi connectivity index (χ0v) is 11.4. The molecule has 3 rings (SSSR count). The summed E-state index contributed by atoms with van der Waals surface area (Å²) >= 11 is 1.32. The molecule has 8 heteroatoms. The van der Waals surface area contributed by atoms with Crippen molar-refractivity contribution in [2.24, 2.45) is 0 Å². The highest BCUT2D eigenvalue weighted by molar-refractivity contribution is 7.13. The zero-order chi connectivity index (χ0) is 15.0. The molecule has 0 fully saturated rings. The monoisotopic (exact) mass is 309 g/mol. The largest absolute Gasteiger partial charge is 0.481 e. The first kappa shape index (κ1) is 13.6. The summed E-state index contributed by atoms with van der Waals surface area (Å²) in [6, 6.07) is 2.04. The Kier molecular flexibility index (Phi) is 3.38. The smallest absolute Gasteiger partial charge is 0.305 e. The van der Waals surface area contributed by atoms with Gasteiger partial charge in [0, 0.05) is 24.9 Å². The van der Waals surface area contributed by atoms with Crippen LogP contribution in [0.25, 0.3) is 21.7 Å². The number of hydrogen-bond donors (Lipinski definition) is 1. The van der Waals surface area contributed by atoms with Crippen LogP contribution in [0.1, 0.15) is 6.42 Å². The fourth-order valence-corrected chi connectivity index (χ4v) is 2.69. The van der Waals surface area contributed by atoms with Gasteiger partial charge < -0.3 is 9.67 Å². The minimum absolute atomic E-state index is 0.115. The van der Waals surface area contributed by atoms with Crippen molar-refractivity contribution in [1.29, 1.82) is 0 Å². The Balaban J connectivity index is 2.20. The van der Waals surface area contributed by atoms with E-state index in [1.165, 1.54) is 11.3 Å². The van der Waals surface area contributed by atoms with E-state index in [0.717, 1.165) is 12.1 Å². The molecule has 0 radical (unpaired) electrons. The molecule has 1 N–H and O–H groups in total. The Morgan fingerprint density at radius 2 is 2.10 bits per heavy atom. The fourth-order valence-electron chi connectivity index (χ4n) is 2.07. The predicted octanol–water partition coefficient (Wildman–Crippen LogP) is 2.91. The van der Waals surface area contributed by atoms with E-state index in [1.54, 1.807) is 16.3 Å². The number of hydrogen-bond acceptors (Lipinski definition) is 4. The van der Waals surface area contributed by atoms with Crippen molar-refractivity contribution in [2.75, 3.05) is 0 Å². The van der Waals surface area contributed by atoms with Crippen LogP contribution in [-0.2, 0) is 11.3 Å². The molecule has 108 valence electrons. The molecule has 2 aromatic heterocycles. The number of thiazole rings is 1. The van der Waals surface area contributed by atoms with Crippen molar-refractivity contribution < 1.29 is 18.7 Å². The quantitative estimate of drug-likeness (QED) is 0.804. The molecule has 0 saturated heterocycles. The van der Waals surface area contributed by atoms with Gasteiger partial charge in [0.15, 0.2) is 17.5 Å². The SMILES string of the molecule is O=C(O)CCn1c(-c2cncs2)nc2cc(F)c(F)cc21. The molecule has 3 aromatic rings. The number of rotatable bonds is 4. The maximum atomic E-state index is 13.4. The first-order chi connectivity index (χ1) is 10.1. The number of benzene rings is 1. The van der Waals surface area contributed by atoms with Gasteiger partial charge in [-0.2, -0.15) is 0 Å². The normalized spacial score (nSPS) is 11.1. The van der Waals surface area contributed by atoms with Gasteiger partial charge in [0.1, 0.15) is 0 Å². The number of aliphatic carboxylic acids is 1. The molecular formula is C13H9F2N3O2S. The lowest BCUT2D eigenvalue weighted by Crippen LogP contribution is -2.06. The van der Waals surface area contributed by atoms with Gasteiger partial charge in [-0.15, -0.1) is 11.3 Å². The number of aryl methyl sites for hydroxylation is 1. The predicted molar refractivity (Wildman–Crippen MR) is 73.0 cm³/mol. The minimum atomic E-state index is -0.991. The van der Waals surface area contributed by atoms with Gasteiger partial charge >= 0.3 is 5.97 Å². The molecule has 0 amide bonds. The van der Waals surface area contributed by atoms with Gasteiger partial charge in [-0.3, -0.25) is 9.78 Å². The van der Waals surface area contributed by atoms with E-state index in [1.807, 2.05) is 0 Å². The van der Waals surface area contributed by atoms with E-state index in [4.69, 9.17) is 5.11 Å². The third-order valence-electron chi connectivity index (χ3n) is 2.99. The number of carboxylic acid groups (broad SMARTS) is 1. The van der Waals surface area contributed by atoms with Gasteiger partial charge in [0.25, 0.3) is 0 Å². The van der Waals surface area contributed by atoms with Gasteiger partial charge in [0.05, 0.1) is 27.8 Å². The maximum absolute atomic E-state index is 13.4. The average Bonchev–Trinajstić information content (AvgIpc) is 3.04. The van der Waals surface area contributed by atoms with Gasteiger partial charge in [-0.05, 0) is 0 Å². The Hall–Kier alpha value is -2.35. The van der Waals surface area contributed by atoms with Crippen LogP contribution in [-0.4, -0.2) is 25.6 Å². The average molecular weight is 309 g/mol. The van der Waals surface area contributed by atoms with Crippen molar-refractivity contribution in [3.8, 4) is 10.7 Å². The highest BCUT2D eigenvalue weighted by atomic mass is 32.1. The van der Waals surface area contributed by atoms with Crippen LogP contribution in [0.3, 0.4) is 0 Å². The van der Waals surface area contributed by atoms with Crippen molar-refractivity contribution in [1.82, 2.24) is 14.5 Å². The van der Waals surface area contributed by atoms with Crippen molar-refractivity contribution in [3.05, 3.63) is 35.5 Å². The highest BCUT2D eigenvalue weighted by Crippen LogP contribution is 2.28. The third-order valence-corrected chi connectivity index (χ3v) is 3.76. The minimum Gasteiger partial charge on any atom is -0.481 e. The number of carboxylic acids is 1. The third kappa shape index (κ3) is 2.49. The summed E-state index contributed by atoms with van der Waals surface area (Å²) < 4.78 is 28.3. The second-order valence-electron chi connectivity index (χ2n) is 4.35. The van der Waals surface area contributed by atoms with E-state index in [2.05, 4.69) is 9.97 Å². The first-order valence-corrected chi connectivity index (χ1v) is 6.90. The van der Waals surface area contributed by atoms with Gasteiger partial charge in [-0.25, -0.2) is 13.8 Å². The number of carbonyl (C=O) groups is 1. The van der Waals surface area contributed by atoms with Crippen LogP contribution < -0.4 is 0 Å². The molecule has 21 heavy (non-hydrogen) atoms. The molecule has 0 atom stereocenters. The van der Waals surface area contributed by atoms with E-state index in [-0.39, 0.29) is 18.5 Å². The number of halogens is 2. The molecule has 5 nitrogen and oxygen atoms in total. The molecule has 1 aromatic carbocycles. The van der Waals surface area contributed by atoms with E-state index in [0.29, 0.717) is 16.2 Å².